The zero-order valence-electron chi connectivity index (χ0n) is 11.6. The zero-order chi connectivity index (χ0) is 13.7. The van der Waals surface area contributed by atoms with Crippen molar-refractivity contribution < 1.29 is 4.39 Å². The fourth-order valence-corrected chi connectivity index (χ4v) is 3.30. The summed E-state index contributed by atoms with van der Waals surface area (Å²) >= 11 is 6.06. The summed E-state index contributed by atoms with van der Waals surface area (Å²) in [6.45, 7) is 3.08. The van der Waals surface area contributed by atoms with Gasteiger partial charge in [-0.05, 0) is 49.9 Å². The minimum absolute atomic E-state index is 0.177. The van der Waals surface area contributed by atoms with Crippen molar-refractivity contribution >= 4 is 11.6 Å². The molecule has 1 aromatic carbocycles. The molecule has 0 spiro atoms. The van der Waals surface area contributed by atoms with Gasteiger partial charge in [0.1, 0.15) is 5.82 Å². The van der Waals surface area contributed by atoms with Crippen molar-refractivity contribution in [1.29, 1.82) is 0 Å². The third-order valence-electron chi connectivity index (χ3n) is 4.14. The molecule has 1 saturated carbocycles. The molecular weight excluding hydrogens is 261 g/mol. The first-order valence-corrected chi connectivity index (χ1v) is 7.73. The SMILES string of the molecule is CC(NCCCC1CCCC1)c1ccc(F)cc1Cl. The first-order chi connectivity index (χ1) is 9.16. The summed E-state index contributed by atoms with van der Waals surface area (Å²) in [6, 6.07) is 4.80. The van der Waals surface area contributed by atoms with Gasteiger partial charge in [-0.25, -0.2) is 4.39 Å². The highest BCUT2D eigenvalue weighted by molar-refractivity contribution is 6.31. The summed E-state index contributed by atoms with van der Waals surface area (Å²) in [7, 11) is 0. The molecule has 0 saturated heterocycles. The predicted molar refractivity (Wildman–Crippen MR) is 79.0 cm³/mol. The highest BCUT2D eigenvalue weighted by Gasteiger charge is 2.14. The first kappa shape index (κ1) is 14.8. The van der Waals surface area contributed by atoms with E-state index in [0.29, 0.717) is 5.02 Å². The van der Waals surface area contributed by atoms with E-state index in [1.54, 1.807) is 6.07 Å². The van der Waals surface area contributed by atoms with Gasteiger partial charge in [-0.15, -0.1) is 0 Å². The van der Waals surface area contributed by atoms with E-state index in [2.05, 4.69) is 12.2 Å². The maximum atomic E-state index is 13.0. The first-order valence-electron chi connectivity index (χ1n) is 7.35. The third kappa shape index (κ3) is 4.47. The van der Waals surface area contributed by atoms with Crippen LogP contribution in [-0.2, 0) is 0 Å². The fourth-order valence-electron chi connectivity index (χ4n) is 2.97. The van der Waals surface area contributed by atoms with Crippen molar-refractivity contribution in [2.45, 2.75) is 51.5 Å². The van der Waals surface area contributed by atoms with E-state index in [9.17, 15) is 4.39 Å². The lowest BCUT2D eigenvalue weighted by Gasteiger charge is -2.16. The molecule has 1 atom stereocenters. The number of hydrogen-bond acceptors (Lipinski definition) is 1. The summed E-state index contributed by atoms with van der Waals surface area (Å²) in [5, 5.41) is 3.99. The quantitative estimate of drug-likeness (QED) is 0.716. The summed E-state index contributed by atoms with van der Waals surface area (Å²) in [5.41, 5.74) is 0.976. The monoisotopic (exact) mass is 283 g/mol. The van der Waals surface area contributed by atoms with Gasteiger partial charge in [0.05, 0.1) is 0 Å². The van der Waals surface area contributed by atoms with Crippen molar-refractivity contribution in [2.75, 3.05) is 6.54 Å². The maximum Gasteiger partial charge on any atom is 0.124 e. The Balaban J connectivity index is 1.72. The Labute approximate surface area is 120 Å². The lowest BCUT2D eigenvalue weighted by Crippen LogP contribution is -2.20. The largest absolute Gasteiger partial charge is 0.310 e. The van der Waals surface area contributed by atoms with Gasteiger partial charge in [-0.2, -0.15) is 0 Å². The van der Waals surface area contributed by atoms with Crippen LogP contribution < -0.4 is 5.32 Å². The van der Waals surface area contributed by atoms with Gasteiger partial charge in [-0.1, -0.05) is 43.4 Å². The van der Waals surface area contributed by atoms with Crippen molar-refractivity contribution in [3.63, 3.8) is 0 Å². The summed E-state index contributed by atoms with van der Waals surface area (Å²) < 4.78 is 13.0. The fraction of sp³-hybridized carbons (Fsp3) is 0.625. The van der Waals surface area contributed by atoms with Gasteiger partial charge in [0.15, 0.2) is 0 Å². The van der Waals surface area contributed by atoms with E-state index in [4.69, 9.17) is 11.6 Å². The summed E-state index contributed by atoms with van der Waals surface area (Å²) in [5.74, 6) is 0.675. The van der Waals surface area contributed by atoms with Gasteiger partial charge < -0.3 is 5.32 Å². The van der Waals surface area contributed by atoms with Crippen LogP contribution in [0.1, 0.15) is 57.1 Å². The van der Waals surface area contributed by atoms with Gasteiger partial charge in [-0.3, -0.25) is 0 Å². The lowest BCUT2D eigenvalue weighted by molar-refractivity contribution is 0.456. The molecule has 1 unspecified atom stereocenters. The van der Waals surface area contributed by atoms with Crippen LogP contribution in [0, 0.1) is 11.7 Å². The number of rotatable bonds is 6. The van der Waals surface area contributed by atoms with E-state index < -0.39 is 0 Å². The van der Waals surface area contributed by atoms with Crippen LogP contribution in [0.15, 0.2) is 18.2 Å². The molecule has 106 valence electrons. The minimum atomic E-state index is -0.276. The molecule has 0 amide bonds. The highest BCUT2D eigenvalue weighted by Crippen LogP contribution is 2.28. The topological polar surface area (TPSA) is 12.0 Å². The molecule has 0 heterocycles. The Morgan fingerprint density at radius 3 is 2.79 bits per heavy atom. The Hall–Kier alpha value is -0.600. The van der Waals surface area contributed by atoms with E-state index in [0.717, 1.165) is 18.0 Å². The summed E-state index contributed by atoms with van der Waals surface area (Å²) in [4.78, 5) is 0. The van der Waals surface area contributed by atoms with Gasteiger partial charge >= 0.3 is 0 Å². The van der Waals surface area contributed by atoms with Crippen LogP contribution in [0.3, 0.4) is 0 Å². The molecule has 2 rings (SSSR count). The van der Waals surface area contributed by atoms with Gasteiger partial charge in [0.2, 0.25) is 0 Å². The minimum Gasteiger partial charge on any atom is -0.310 e. The molecule has 1 N–H and O–H groups in total. The average molecular weight is 284 g/mol. The van der Waals surface area contributed by atoms with E-state index in [1.165, 1.54) is 50.7 Å². The second-order valence-corrected chi connectivity index (χ2v) is 6.04. The standard InChI is InChI=1S/C16H23ClFN/c1-12(15-9-8-14(18)11-16(15)17)19-10-4-7-13-5-2-3-6-13/h8-9,11-13,19H,2-7,10H2,1H3. The number of benzene rings is 1. The second-order valence-electron chi connectivity index (χ2n) is 5.63. The Morgan fingerprint density at radius 2 is 2.11 bits per heavy atom. The van der Waals surface area contributed by atoms with Crippen LogP contribution in [0.5, 0.6) is 0 Å². The summed E-state index contributed by atoms with van der Waals surface area (Å²) in [6.07, 6.45) is 8.21. The molecular formula is C16H23ClFN. The average Bonchev–Trinajstić information content (AvgIpc) is 2.87. The Kier molecular flexibility index (Phi) is 5.65. The normalized spacial score (nSPS) is 17.8. The molecule has 0 radical (unpaired) electrons. The predicted octanol–water partition coefficient (Wildman–Crippen LogP) is 5.10. The van der Waals surface area contributed by atoms with Crippen molar-refractivity contribution in [3.05, 3.63) is 34.6 Å². The molecule has 1 aromatic rings. The van der Waals surface area contributed by atoms with Crippen LogP contribution in [-0.4, -0.2) is 6.54 Å². The molecule has 1 aliphatic rings. The van der Waals surface area contributed by atoms with Crippen molar-refractivity contribution in [2.24, 2.45) is 5.92 Å². The number of halogens is 2. The highest BCUT2D eigenvalue weighted by atomic mass is 35.5. The smallest absolute Gasteiger partial charge is 0.124 e. The van der Waals surface area contributed by atoms with Crippen molar-refractivity contribution in [3.8, 4) is 0 Å². The maximum absolute atomic E-state index is 13.0. The zero-order valence-corrected chi connectivity index (χ0v) is 12.3. The van der Waals surface area contributed by atoms with E-state index in [-0.39, 0.29) is 11.9 Å². The molecule has 3 heteroatoms. The Bertz CT molecular complexity index is 402. The second kappa shape index (κ2) is 7.25. The number of hydrogen-bond donors (Lipinski definition) is 1. The van der Waals surface area contributed by atoms with Gasteiger partial charge in [0, 0.05) is 11.1 Å². The third-order valence-corrected chi connectivity index (χ3v) is 4.47. The number of nitrogens with one attached hydrogen (secondary N) is 1. The molecule has 1 nitrogen and oxygen atoms in total. The molecule has 1 fully saturated rings. The molecule has 0 aromatic heterocycles. The van der Waals surface area contributed by atoms with Crippen LogP contribution in [0.2, 0.25) is 5.02 Å². The molecule has 0 aliphatic heterocycles. The van der Waals surface area contributed by atoms with Crippen LogP contribution >= 0.6 is 11.6 Å². The van der Waals surface area contributed by atoms with Crippen molar-refractivity contribution in [1.82, 2.24) is 5.32 Å². The molecule has 0 bridgehead atoms. The molecule has 19 heavy (non-hydrogen) atoms. The van der Waals surface area contributed by atoms with Crippen LogP contribution in [0.25, 0.3) is 0 Å². The molecule has 1 aliphatic carbocycles. The van der Waals surface area contributed by atoms with E-state index >= 15 is 0 Å². The van der Waals surface area contributed by atoms with Gasteiger partial charge in [0.25, 0.3) is 0 Å². The van der Waals surface area contributed by atoms with Crippen LogP contribution in [0.4, 0.5) is 4.39 Å². The van der Waals surface area contributed by atoms with E-state index in [1.807, 2.05) is 0 Å². The Morgan fingerprint density at radius 1 is 1.37 bits per heavy atom. The lowest BCUT2D eigenvalue weighted by atomic mass is 10.0.